The maximum Gasteiger partial charge on any atom is 0.311 e. The highest BCUT2D eigenvalue weighted by Crippen LogP contribution is 2.29. The lowest BCUT2D eigenvalue weighted by Crippen LogP contribution is -2.30. The summed E-state index contributed by atoms with van der Waals surface area (Å²) in [4.78, 5) is 33.5. The number of carbonyl (C=O) groups is 2. The zero-order valence-electron chi connectivity index (χ0n) is 13.5. The fourth-order valence-electron chi connectivity index (χ4n) is 2.06. The molecule has 0 heterocycles. The van der Waals surface area contributed by atoms with Crippen LogP contribution in [0.4, 0.5) is 11.4 Å². The predicted octanol–water partition coefficient (Wildman–Crippen LogP) is 3.78. The van der Waals surface area contributed by atoms with E-state index >= 15 is 0 Å². The topological polar surface area (TPSA) is 98.5 Å². The Balaban J connectivity index is 2.17. The Morgan fingerprint density at radius 3 is 2.68 bits per heavy atom. The van der Waals surface area contributed by atoms with E-state index in [0.717, 1.165) is 11.6 Å². The average Bonchev–Trinajstić information content (AvgIpc) is 2.58. The van der Waals surface area contributed by atoms with Crippen molar-refractivity contribution in [3.8, 4) is 5.75 Å². The van der Waals surface area contributed by atoms with Gasteiger partial charge in [-0.05, 0) is 43.7 Å². The number of nitro benzene ring substituents is 1. The number of nitro groups is 1. The van der Waals surface area contributed by atoms with Gasteiger partial charge in [-0.25, -0.2) is 0 Å². The molecular weight excluding hydrogens is 348 g/mol. The van der Waals surface area contributed by atoms with Crippen molar-refractivity contribution in [2.24, 2.45) is 0 Å². The number of carbonyl (C=O) groups excluding carboxylic acids is 2. The second kappa shape index (κ2) is 7.76. The van der Waals surface area contributed by atoms with Crippen molar-refractivity contribution in [3.05, 3.63) is 62.7 Å². The summed E-state index contributed by atoms with van der Waals surface area (Å²) in [6, 6.07) is 8.81. The molecule has 1 atom stereocenters. The number of aldehydes is 1. The first-order chi connectivity index (χ1) is 11.8. The molecule has 0 aliphatic carbocycles. The highest BCUT2D eigenvalue weighted by molar-refractivity contribution is 6.31. The second-order valence-corrected chi connectivity index (χ2v) is 5.75. The summed E-state index contributed by atoms with van der Waals surface area (Å²) in [6.45, 7) is 3.27. The van der Waals surface area contributed by atoms with Crippen LogP contribution < -0.4 is 10.1 Å². The van der Waals surface area contributed by atoms with E-state index in [9.17, 15) is 19.7 Å². The summed E-state index contributed by atoms with van der Waals surface area (Å²) in [5.41, 5.74) is 1.10. The molecule has 0 saturated heterocycles. The monoisotopic (exact) mass is 362 g/mol. The second-order valence-electron chi connectivity index (χ2n) is 5.31. The van der Waals surface area contributed by atoms with Crippen molar-refractivity contribution in [3.63, 3.8) is 0 Å². The highest BCUT2D eigenvalue weighted by atomic mass is 35.5. The Labute approximate surface area is 148 Å². The van der Waals surface area contributed by atoms with Crippen LogP contribution in [0, 0.1) is 17.0 Å². The van der Waals surface area contributed by atoms with Crippen LogP contribution in [0.25, 0.3) is 0 Å². The third-order valence-electron chi connectivity index (χ3n) is 3.45. The van der Waals surface area contributed by atoms with Gasteiger partial charge in [-0.2, -0.15) is 0 Å². The molecule has 130 valence electrons. The minimum Gasteiger partial charge on any atom is -0.474 e. The molecule has 1 N–H and O–H groups in total. The minimum atomic E-state index is -1.00. The quantitative estimate of drug-likeness (QED) is 0.479. The number of hydrogen-bond acceptors (Lipinski definition) is 5. The van der Waals surface area contributed by atoms with E-state index in [1.807, 2.05) is 0 Å². The molecular formula is C17H15ClN2O5. The molecule has 0 aromatic heterocycles. The van der Waals surface area contributed by atoms with Gasteiger partial charge in [0.25, 0.3) is 5.91 Å². The third-order valence-corrected chi connectivity index (χ3v) is 3.68. The smallest absolute Gasteiger partial charge is 0.311 e. The number of ether oxygens (including phenoxy) is 1. The molecule has 0 saturated carbocycles. The van der Waals surface area contributed by atoms with Crippen molar-refractivity contribution in [2.75, 3.05) is 5.32 Å². The molecule has 25 heavy (non-hydrogen) atoms. The number of anilines is 1. The lowest BCUT2D eigenvalue weighted by atomic mass is 10.2. The van der Waals surface area contributed by atoms with Gasteiger partial charge >= 0.3 is 5.69 Å². The molecule has 2 aromatic rings. The first kappa shape index (κ1) is 18.4. The number of amides is 1. The number of nitrogens with one attached hydrogen (secondary N) is 1. The lowest BCUT2D eigenvalue weighted by Gasteiger charge is -2.16. The van der Waals surface area contributed by atoms with E-state index in [1.165, 1.54) is 19.1 Å². The van der Waals surface area contributed by atoms with Crippen LogP contribution in [0.1, 0.15) is 22.8 Å². The van der Waals surface area contributed by atoms with Gasteiger partial charge in [0.05, 0.1) is 4.92 Å². The van der Waals surface area contributed by atoms with Crippen LogP contribution in [-0.2, 0) is 4.79 Å². The zero-order chi connectivity index (χ0) is 18.6. The molecule has 0 aliphatic heterocycles. The number of hydrogen-bond donors (Lipinski definition) is 1. The van der Waals surface area contributed by atoms with Gasteiger partial charge in [0, 0.05) is 22.3 Å². The Morgan fingerprint density at radius 2 is 2.04 bits per heavy atom. The van der Waals surface area contributed by atoms with Crippen LogP contribution in [0.15, 0.2) is 36.4 Å². The average molecular weight is 363 g/mol. The van der Waals surface area contributed by atoms with Crippen molar-refractivity contribution in [2.45, 2.75) is 20.0 Å². The summed E-state index contributed by atoms with van der Waals surface area (Å²) in [5, 5.41) is 14.2. The first-order valence-corrected chi connectivity index (χ1v) is 7.67. The van der Waals surface area contributed by atoms with E-state index in [0.29, 0.717) is 17.0 Å². The maximum atomic E-state index is 12.3. The van der Waals surface area contributed by atoms with Crippen molar-refractivity contribution < 1.29 is 19.2 Å². The number of aryl methyl sites for hydroxylation is 1. The lowest BCUT2D eigenvalue weighted by molar-refractivity contribution is -0.386. The molecule has 0 unspecified atom stereocenters. The van der Waals surface area contributed by atoms with Gasteiger partial charge in [-0.3, -0.25) is 19.7 Å². The molecule has 8 heteroatoms. The minimum absolute atomic E-state index is 0.0962. The number of nitrogens with zero attached hydrogens (tertiary/aromatic N) is 1. The van der Waals surface area contributed by atoms with Crippen LogP contribution in [0.2, 0.25) is 5.02 Å². The SMILES string of the molecule is Cc1ccc(Cl)cc1NC(=O)[C@@H](C)Oc1ccc(C=O)cc1[N+](=O)[O-]. The Hall–Kier alpha value is -2.93. The summed E-state index contributed by atoms with van der Waals surface area (Å²) < 4.78 is 5.41. The summed E-state index contributed by atoms with van der Waals surface area (Å²) in [6.07, 6.45) is -0.506. The highest BCUT2D eigenvalue weighted by Gasteiger charge is 2.22. The van der Waals surface area contributed by atoms with Gasteiger partial charge in [0.15, 0.2) is 11.9 Å². The largest absolute Gasteiger partial charge is 0.474 e. The van der Waals surface area contributed by atoms with Gasteiger partial charge < -0.3 is 10.1 Å². The Kier molecular flexibility index (Phi) is 5.71. The molecule has 0 aliphatic rings. The molecule has 0 fully saturated rings. The molecule has 1 amide bonds. The molecule has 0 radical (unpaired) electrons. The number of halogens is 1. The number of rotatable bonds is 6. The Morgan fingerprint density at radius 1 is 1.32 bits per heavy atom. The molecule has 0 spiro atoms. The predicted molar refractivity (Wildman–Crippen MR) is 93.4 cm³/mol. The van der Waals surface area contributed by atoms with Gasteiger partial charge in [0.1, 0.15) is 6.29 Å². The van der Waals surface area contributed by atoms with Gasteiger partial charge in [-0.1, -0.05) is 17.7 Å². The van der Waals surface area contributed by atoms with Gasteiger partial charge in [0.2, 0.25) is 0 Å². The van der Waals surface area contributed by atoms with E-state index in [-0.39, 0.29) is 17.0 Å². The summed E-state index contributed by atoms with van der Waals surface area (Å²) in [7, 11) is 0. The summed E-state index contributed by atoms with van der Waals surface area (Å²) >= 11 is 5.91. The van der Waals surface area contributed by atoms with E-state index in [1.54, 1.807) is 25.1 Å². The summed E-state index contributed by atoms with van der Waals surface area (Å²) in [5.74, 6) is -0.583. The fourth-order valence-corrected chi connectivity index (χ4v) is 2.23. The van der Waals surface area contributed by atoms with E-state index < -0.39 is 16.9 Å². The standard InChI is InChI=1S/C17H15ClN2O5/c1-10-3-5-13(18)8-14(10)19-17(22)11(2)25-16-6-4-12(9-21)7-15(16)20(23)24/h3-9,11H,1-2H3,(H,19,22)/t11-/m1/s1. The van der Waals surface area contributed by atoms with Crippen LogP contribution >= 0.6 is 11.6 Å². The van der Waals surface area contributed by atoms with Crippen molar-refractivity contribution in [1.29, 1.82) is 0 Å². The Bertz CT molecular complexity index is 838. The maximum absolute atomic E-state index is 12.3. The van der Waals surface area contributed by atoms with Crippen molar-refractivity contribution in [1.82, 2.24) is 0 Å². The zero-order valence-corrected chi connectivity index (χ0v) is 14.2. The van der Waals surface area contributed by atoms with Crippen molar-refractivity contribution >= 4 is 35.2 Å². The van der Waals surface area contributed by atoms with Gasteiger partial charge in [-0.15, -0.1) is 0 Å². The normalized spacial score (nSPS) is 11.5. The fraction of sp³-hybridized carbons (Fsp3) is 0.176. The molecule has 7 nitrogen and oxygen atoms in total. The van der Waals surface area contributed by atoms with Crippen LogP contribution in [0.5, 0.6) is 5.75 Å². The molecule has 2 rings (SSSR count). The van der Waals surface area contributed by atoms with Crippen LogP contribution in [-0.4, -0.2) is 23.2 Å². The number of benzene rings is 2. The van der Waals surface area contributed by atoms with Crippen LogP contribution in [0.3, 0.4) is 0 Å². The third kappa shape index (κ3) is 4.54. The molecule has 2 aromatic carbocycles. The first-order valence-electron chi connectivity index (χ1n) is 7.29. The van der Waals surface area contributed by atoms with E-state index in [4.69, 9.17) is 16.3 Å². The van der Waals surface area contributed by atoms with E-state index in [2.05, 4.69) is 5.32 Å². The molecule has 0 bridgehead atoms.